The van der Waals surface area contributed by atoms with Gasteiger partial charge in [-0.15, -0.1) is 0 Å². The molecule has 6 rings (SSSR count). The normalized spacial score (nSPS) is 20.0. The summed E-state index contributed by atoms with van der Waals surface area (Å²) in [5, 5.41) is 5.43. The summed E-state index contributed by atoms with van der Waals surface area (Å²) in [5.41, 5.74) is 3.87. The first-order chi connectivity index (χ1) is 20.3. The van der Waals surface area contributed by atoms with Crippen LogP contribution in [0.3, 0.4) is 0 Å². The average molecular weight is 586 g/mol. The molecule has 1 saturated heterocycles. The van der Waals surface area contributed by atoms with Crippen LogP contribution in [-0.2, 0) is 27.5 Å². The molecule has 10 heteroatoms. The summed E-state index contributed by atoms with van der Waals surface area (Å²) in [5.74, 6) is 2.18. The third kappa shape index (κ3) is 6.56. The topological polar surface area (TPSA) is 91.6 Å². The summed E-state index contributed by atoms with van der Waals surface area (Å²) in [6.45, 7) is 13.2. The minimum Gasteiger partial charge on any atom is -0.466 e. The minimum atomic E-state index is -1.12. The van der Waals surface area contributed by atoms with Crippen LogP contribution < -0.4 is 4.74 Å². The van der Waals surface area contributed by atoms with Crippen molar-refractivity contribution in [1.29, 1.82) is 0 Å². The maximum absolute atomic E-state index is 12.0. The maximum Gasteiger partial charge on any atom is 0.309 e. The first-order valence-corrected chi connectivity index (χ1v) is 18.5. The quantitative estimate of drug-likeness (QED) is 0.116. The Kier molecular flexibility index (Phi) is 8.11. The zero-order valence-corrected chi connectivity index (χ0v) is 25.8. The van der Waals surface area contributed by atoms with Crippen molar-refractivity contribution in [3.8, 4) is 22.9 Å². The van der Waals surface area contributed by atoms with Crippen molar-refractivity contribution in [3.05, 3.63) is 66.6 Å². The van der Waals surface area contributed by atoms with Crippen molar-refractivity contribution in [3.63, 3.8) is 0 Å². The van der Waals surface area contributed by atoms with Gasteiger partial charge in [0.25, 0.3) is 0 Å². The van der Waals surface area contributed by atoms with Crippen LogP contribution in [0.1, 0.15) is 12.6 Å². The first-order valence-electron chi connectivity index (χ1n) is 14.8. The summed E-state index contributed by atoms with van der Waals surface area (Å²) >= 11 is 0. The number of nitrogens with zero attached hydrogens (tertiary/aromatic N) is 5. The predicted octanol–water partition coefficient (Wildman–Crippen LogP) is 5.84. The van der Waals surface area contributed by atoms with Crippen LogP contribution in [-0.4, -0.2) is 65.0 Å². The number of hydrogen-bond donors (Lipinski definition) is 0. The van der Waals surface area contributed by atoms with Gasteiger partial charge in [-0.2, -0.15) is 5.10 Å². The molecule has 42 heavy (non-hydrogen) atoms. The molecule has 0 bridgehead atoms. The molecule has 3 aromatic heterocycles. The lowest BCUT2D eigenvalue weighted by atomic mass is 10.2. The average Bonchev–Trinajstić information content (AvgIpc) is 3.24. The van der Waals surface area contributed by atoms with Crippen molar-refractivity contribution in [2.24, 2.45) is 17.8 Å². The van der Waals surface area contributed by atoms with Gasteiger partial charge in [0.1, 0.15) is 12.5 Å². The predicted molar refractivity (Wildman–Crippen MR) is 164 cm³/mol. The summed E-state index contributed by atoms with van der Waals surface area (Å²) < 4.78 is 19.0. The lowest BCUT2D eigenvalue weighted by Crippen LogP contribution is -2.26. The highest BCUT2D eigenvalue weighted by molar-refractivity contribution is 6.76. The number of likely N-dealkylation sites (tertiary alicyclic amines) is 1. The number of aromatic nitrogens is 4. The molecule has 1 aromatic carbocycles. The highest BCUT2D eigenvalue weighted by atomic mass is 28.3. The second kappa shape index (κ2) is 11.9. The van der Waals surface area contributed by atoms with E-state index < -0.39 is 8.07 Å². The lowest BCUT2D eigenvalue weighted by Gasteiger charge is -2.18. The van der Waals surface area contributed by atoms with E-state index in [-0.39, 0.29) is 11.9 Å². The van der Waals surface area contributed by atoms with Crippen LogP contribution in [0.4, 0.5) is 0 Å². The van der Waals surface area contributed by atoms with Crippen LogP contribution in [0, 0.1) is 17.8 Å². The monoisotopic (exact) mass is 585 g/mol. The third-order valence-corrected chi connectivity index (χ3v) is 9.82. The molecule has 0 spiro atoms. The maximum atomic E-state index is 12.0. The van der Waals surface area contributed by atoms with Gasteiger partial charge in [0.05, 0.1) is 29.4 Å². The summed E-state index contributed by atoms with van der Waals surface area (Å²) in [4.78, 5) is 23.8. The standard InChI is InChI=1S/C32H39N5O4Si/c1-5-40-32(38)31-26-19-36(20-27(26)31)18-24-8-6-22-16-25(9-10-28(22)35-24)41-30-11-7-23(17-33-30)29-12-13-34-37(29)21-39-14-15-42(2,3)4/h6-13,16-17,26-27,31H,5,14-15,18-21H2,1-4H3/t26-,27+,31+. The summed E-state index contributed by atoms with van der Waals surface area (Å²) in [6, 6.07) is 17.0. The highest BCUT2D eigenvalue weighted by Crippen LogP contribution is 2.52. The van der Waals surface area contributed by atoms with Gasteiger partial charge in [-0.3, -0.25) is 14.7 Å². The number of fused-ring (bicyclic) bond motifs is 2. The van der Waals surface area contributed by atoms with E-state index in [0.717, 1.165) is 60.1 Å². The van der Waals surface area contributed by atoms with E-state index in [4.69, 9.17) is 19.2 Å². The molecule has 2 fully saturated rings. The van der Waals surface area contributed by atoms with E-state index in [1.54, 1.807) is 12.4 Å². The van der Waals surface area contributed by atoms with Crippen molar-refractivity contribution in [2.45, 2.75) is 45.9 Å². The Morgan fingerprint density at radius 3 is 2.62 bits per heavy atom. The van der Waals surface area contributed by atoms with Gasteiger partial charge < -0.3 is 14.2 Å². The Hall–Kier alpha value is -3.60. The number of pyridine rings is 2. The van der Waals surface area contributed by atoms with Gasteiger partial charge in [0, 0.05) is 63.7 Å². The van der Waals surface area contributed by atoms with Crippen LogP contribution in [0.25, 0.3) is 22.2 Å². The molecule has 4 aromatic rings. The SMILES string of the molecule is CCOC(=O)[C@H]1[C@@H]2CN(Cc3ccc4cc(Oc5ccc(-c6ccnn6COCC[Si](C)(C)C)cn5)ccc4n3)C[C@@H]21. The van der Waals surface area contributed by atoms with E-state index in [1.807, 2.05) is 48.0 Å². The van der Waals surface area contributed by atoms with Crippen molar-refractivity contribution >= 4 is 24.9 Å². The van der Waals surface area contributed by atoms with Gasteiger partial charge >= 0.3 is 5.97 Å². The molecule has 9 nitrogen and oxygen atoms in total. The van der Waals surface area contributed by atoms with Crippen LogP contribution in [0.2, 0.25) is 25.7 Å². The summed E-state index contributed by atoms with van der Waals surface area (Å²) in [6.07, 6.45) is 3.59. The van der Waals surface area contributed by atoms with E-state index >= 15 is 0 Å². The number of carbonyl (C=O) groups is 1. The molecule has 0 radical (unpaired) electrons. The Labute approximate surface area is 247 Å². The molecule has 0 N–H and O–H groups in total. The third-order valence-electron chi connectivity index (χ3n) is 8.11. The number of ether oxygens (including phenoxy) is 3. The number of benzene rings is 1. The zero-order chi connectivity index (χ0) is 29.3. The molecule has 1 aliphatic carbocycles. The van der Waals surface area contributed by atoms with Crippen LogP contribution in [0.15, 0.2) is 60.9 Å². The molecular formula is C32H39N5O4Si. The molecule has 1 saturated carbocycles. The number of hydrogen-bond acceptors (Lipinski definition) is 8. The Bertz CT molecular complexity index is 1540. The smallest absolute Gasteiger partial charge is 0.309 e. The molecule has 3 atom stereocenters. The fourth-order valence-electron chi connectivity index (χ4n) is 5.78. The molecule has 4 heterocycles. The largest absolute Gasteiger partial charge is 0.466 e. The molecule has 1 aliphatic heterocycles. The second-order valence-corrected chi connectivity index (χ2v) is 18.1. The molecular weight excluding hydrogens is 546 g/mol. The number of carbonyl (C=O) groups excluding carboxylic acids is 1. The summed E-state index contributed by atoms with van der Waals surface area (Å²) in [7, 11) is -1.12. The van der Waals surface area contributed by atoms with Gasteiger partial charge in [-0.1, -0.05) is 25.7 Å². The Morgan fingerprint density at radius 1 is 1.05 bits per heavy atom. The number of esters is 1. The molecule has 0 unspecified atom stereocenters. The first kappa shape index (κ1) is 28.5. The zero-order valence-electron chi connectivity index (χ0n) is 24.8. The molecule has 0 amide bonds. The fraction of sp³-hybridized carbons (Fsp3) is 0.438. The van der Waals surface area contributed by atoms with Gasteiger partial charge in [-0.05, 0) is 61.2 Å². The highest BCUT2D eigenvalue weighted by Gasteiger charge is 2.60. The molecule has 2 aliphatic rings. The van der Waals surface area contributed by atoms with Crippen molar-refractivity contribution in [1.82, 2.24) is 24.6 Å². The van der Waals surface area contributed by atoms with E-state index in [2.05, 4.69) is 46.8 Å². The fourth-order valence-corrected chi connectivity index (χ4v) is 6.54. The van der Waals surface area contributed by atoms with Gasteiger partial charge in [0.15, 0.2) is 0 Å². The molecule has 220 valence electrons. The van der Waals surface area contributed by atoms with Crippen molar-refractivity contribution < 1.29 is 19.0 Å². The van der Waals surface area contributed by atoms with Gasteiger partial charge in [-0.25, -0.2) is 9.67 Å². The number of piperidine rings is 1. The number of rotatable bonds is 12. The van der Waals surface area contributed by atoms with Crippen LogP contribution >= 0.6 is 0 Å². The minimum absolute atomic E-state index is 0.0266. The van der Waals surface area contributed by atoms with E-state index in [1.165, 1.54) is 0 Å². The Morgan fingerprint density at radius 2 is 1.88 bits per heavy atom. The second-order valence-electron chi connectivity index (χ2n) is 12.5. The van der Waals surface area contributed by atoms with E-state index in [0.29, 0.717) is 36.8 Å². The Balaban J connectivity index is 1.03. The van der Waals surface area contributed by atoms with Crippen molar-refractivity contribution in [2.75, 3.05) is 26.3 Å². The lowest BCUT2D eigenvalue weighted by molar-refractivity contribution is -0.145. The van der Waals surface area contributed by atoms with Crippen LogP contribution in [0.5, 0.6) is 11.6 Å². The van der Waals surface area contributed by atoms with E-state index in [9.17, 15) is 4.79 Å². The van der Waals surface area contributed by atoms with Gasteiger partial charge in [0.2, 0.25) is 5.88 Å².